The van der Waals surface area contributed by atoms with Gasteiger partial charge in [-0.05, 0) is 22.6 Å². The molecule has 0 aliphatic heterocycles. The van der Waals surface area contributed by atoms with E-state index in [9.17, 15) is 17.6 Å². The molecule has 0 atom stereocenters. The zero-order chi connectivity index (χ0) is 12.6. The highest BCUT2D eigenvalue weighted by molar-refractivity contribution is 5.29. The van der Waals surface area contributed by atoms with Crippen molar-refractivity contribution in [3.8, 4) is 0 Å². The van der Waals surface area contributed by atoms with E-state index in [1.165, 1.54) is 12.1 Å². The van der Waals surface area contributed by atoms with Gasteiger partial charge in [-0.15, -0.1) is 0 Å². The quantitative estimate of drug-likeness (QED) is 0.638. The molecule has 4 heteroatoms. The topological polar surface area (TPSA) is 0 Å². The van der Waals surface area contributed by atoms with Crippen molar-refractivity contribution >= 4 is 0 Å². The van der Waals surface area contributed by atoms with Crippen LogP contribution in [0.4, 0.5) is 17.6 Å². The maximum atomic E-state index is 13.4. The van der Waals surface area contributed by atoms with Gasteiger partial charge in [-0.2, -0.15) is 13.2 Å². The Morgan fingerprint density at radius 2 is 1.62 bits per heavy atom. The van der Waals surface area contributed by atoms with Gasteiger partial charge in [0.15, 0.2) is 0 Å². The SMILES string of the molecule is CC(C)(C)c1ccc(CC(F)(F)F)c(F)c1. The van der Waals surface area contributed by atoms with Gasteiger partial charge in [0.05, 0.1) is 6.42 Å². The summed E-state index contributed by atoms with van der Waals surface area (Å²) in [5.74, 6) is -0.787. The Kier molecular flexibility index (Phi) is 3.31. The van der Waals surface area contributed by atoms with Crippen molar-refractivity contribution in [2.24, 2.45) is 0 Å². The van der Waals surface area contributed by atoms with Crippen LogP contribution in [0.2, 0.25) is 0 Å². The number of rotatable bonds is 1. The standard InChI is InChI=1S/C12H14F4/c1-11(2,3)9-5-4-8(10(13)6-9)7-12(14,15)16/h4-6H,7H2,1-3H3. The van der Waals surface area contributed by atoms with Crippen molar-refractivity contribution in [2.75, 3.05) is 0 Å². The third-order valence-corrected chi connectivity index (χ3v) is 2.31. The van der Waals surface area contributed by atoms with Crippen LogP contribution in [0.15, 0.2) is 18.2 Å². The lowest BCUT2D eigenvalue weighted by molar-refractivity contribution is -0.127. The molecule has 0 nitrogen and oxygen atoms in total. The summed E-state index contributed by atoms with van der Waals surface area (Å²) in [5, 5.41) is 0. The van der Waals surface area contributed by atoms with Crippen LogP contribution in [0.1, 0.15) is 31.9 Å². The molecule has 0 saturated heterocycles. The summed E-state index contributed by atoms with van der Waals surface area (Å²) in [5.41, 5.74) is 0.119. The molecule has 0 bridgehead atoms. The molecular weight excluding hydrogens is 220 g/mol. The molecule has 0 heterocycles. The van der Waals surface area contributed by atoms with E-state index in [2.05, 4.69) is 0 Å². The first-order valence-electron chi connectivity index (χ1n) is 4.95. The molecule has 0 aromatic heterocycles. The lowest BCUT2D eigenvalue weighted by Gasteiger charge is -2.19. The minimum Gasteiger partial charge on any atom is -0.207 e. The summed E-state index contributed by atoms with van der Waals surface area (Å²) in [6.07, 6.45) is -5.59. The summed E-state index contributed by atoms with van der Waals surface area (Å²) >= 11 is 0. The minimum absolute atomic E-state index is 0.266. The highest BCUT2D eigenvalue weighted by atomic mass is 19.4. The highest BCUT2D eigenvalue weighted by Gasteiger charge is 2.29. The van der Waals surface area contributed by atoms with Crippen molar-refractivity contribution < 1.29 is 17.6 Å². The Hall–Kier alpha value is -1.06. The summed E-state index contributed by atoms with van der Waals surface area (Å²) in [6, 6.07) is 3.94. The predicted molar refractivity (Wildman–Crippen MR) is 54.9 cm³/mol. The van der Waals surface area contributed by atoms with Crippen molar-refractivity contribution in [3.05, 3.63) is 35.1 Å². The van der Waals surface area contributed by atoms with E-state index < -0.39 is 18.4 Å². The molecule has 0 spiro atoms. The van der Waals surface area contributed by atoms with Gasteiger partial charge < -0.3 is 0 Å². The number of hydrogen-bond acceptors (Lipinski definition) is 0. The molecule has 1 rings (SSSR count). The van der Waals surface area contributed by atoms with Crippen molar-refractivity contribution in [1.29, 1.82) is 0 Å². The zero-order valence-corrected chi connectivity index (χ0v) is 9.45. The fourth-order valence-electron chi connectivity index (χ4n) is 1.37. The fraction of sp³-hybridized carbons (Fsp3) is 0.500. The first-order chi connectivity index (χ1) is 7.09. The van der Waals surface area contributed by atoms with Crippen molar-refractivity contribution in [3.63, 3.8) is 0 Å². The Morgan fingerprint density at radius 1 is 1.06 bits per heavy atom. The Balaban J connectivity index is 3.01. The number of alkyl halides is 3. The van der Waals surface area contributed by atoms with Gasteiger partial charge in [-0.3, -0.25) is 0 Å². The Morgan fingerprint density at radius 3 is 2.00 bits per heavy atom. The van der Waals surface area contributed by atoms with E-state index in [-0.39, 0.29) is 11.0 Å². The van der Waals surface area contributed by atoms with Gasteiger partial charge in [0.25, 0.3) is 0 Å². The largest absolute Gasteiger partial charge is 0.393 e. The number of benzene rings is 1. The van der Waals surface area contributed by atoms with E-state index in [4.69, 9.17) is 0 Å². The molecule has 1 aromatic carbocycles. The van der Waals surface area contributed by atoms with Crippen LogP contribution in [-0.2, 0) is 11.8 Å². The molecule has 0 aliphatic carbocycles. The average molecular weight is 234 g/mol. The van der Waals surface area contributed by atoms with Crippen LogP contribution >= 0.6 is 0 Å². The van der Waals surface area contributed by atoms with Gasteiger partial charge in [0.1, 0.15) is 5.82 Å². The molecule has 0 amide bonds. The third kappa shape index (κ3) is 3.51. The Bertz CT molecular complexity index is 372. The molecule has 0 saturated carbocycles. The van der Waals surface area contributed by atoms with Gasteiger partial charge in [-0.1, -0.05) is 32.9 Å². The van der Waals surface area contributed by atoms with Crippen LogP contribution in [0, 0.1) is 5.82 Å². The summed E-state index contributed by atoms with van der Waals surface area (Å²) in [7, 11) is 0. The smallest absolute Gasteiger partial charge is 0.207 e. The predicted octanol–water partition coefficient (Wildman–Crippen LogP) is 4.23. The zero-order valence-electron chi connectivity index (χ0n) is 9.45. The van der Waals surface area contributed by atoms with Crippen LogP contribution < -0.4 is 0 Å². The van der Waals surface area contributed by atoms with Gasteiger partial charge in [0, 0.05) is 0 Å². The maximum Gasteiger partial charge on any atom is 0.393 e. The minimum atomic E-state index is -4.37. The second-order valence-corrected chi connectivity index (χ2v) is 4.85. The summed E-state index contributed by atoms with van der Waals surface area (Å²) in [6.45, 7) is 5.64. The van der Waals surface area contributed by atoms with E-state index in [1.54, 1.807) is 6.07 Å². The highest BCUT2D eigenvalue weighted by Crippen LogP contribution is 2.27. The van der Waals surface area contributed by atoms with E-state index in [0.717, 1.165) is 0 Å². The average Bonchev–Trinajstić information content (AvgIpc) is 2.04. The van der Waals surface area contributed by atoms with Gasteiger partial charge >= 0.3 is 6.18 Å². The first kappa shape index (κ1) is 13.0. The van der Waals surface area contributed by atoms with Crippen molar-refractivity contribution in [2.45, 2.75) is 38.8 Å². The fourth-order valence-corrected chi connectivity index (χ4v) is 1.37. The molecule has 0 aliphatic rings. The molecule has 16 heavy (non-hydrogen) atoms. The third-order valence-electron chi connectivity index (χ3n) is 2.31. The van der Waals surface area contributed by atoms with Crippen LogP contribution in [-0.4, -0.2) is 6.18 Å². The maximum absolute atomic E-state index is 13.4. The van der Waals surface area contributed by atoms with Crippen LogP contribution in [0.25, 0.3) is 0 Å². The second kappa shape index (κ2) is 4.07. The molecular formula is C12H14F4. The lowest BCUT2D eigenvalue weighted by Crippen LogP contribution is -2.15. The van der Waals surface area contributed by atoms with Crippen LogP contribution in [0.5, 0.6) is 0 Å². The van der Waals surface area contributed by atoms with E-state index in [0.29, 0.717) is 5.56 Å². The molecule has 90 valence electrons. The second-order valence-electron chi connectivity index (χ2n) is 4.85. The van der Waals surface area contributed by atoms with Crippen molar-refractivity contribution in [1.82, 2.24) is 0 Å². The van der Waals surface area contributed by atoms with Gasteiger partial charge in [0.2, 0.25) is 0 Å². The molecule has 0 fully saturated rings. The monoisotopic (exact) mass is 234 g/mol. The molecule has 0 unspecified atom stereocenters. The van der Waals surface area contributed by atoms with E-state index >= 15 is 0 Å². The molecule has 0 radical (unpaired) electrons. The first-order valence-corrected chi connectivity index (χ1v) is 4.95. The van der Waals surface area contributed by atoms with Crippen LogP contribution in [0.3, 0.4) is 0 Å². The molecule has 1 aromatic rings. The molecule has 0 N–H and O–H groups in total. The van der Waals surface area contributed by atoms with E-state index in [1.807, 2.05) is 20.8 Å². The number of hydrogen-bond donors (Lipinski definition) is 0. The lowest BCUT2D eigenvalue weighted by atomic mass is 9.86. The number of halogens is 4. The van der Waals surface area contributed by atoms with Gasteiger partial charge in [-0.25, -0.2) is 4.39 Å². The summed E-state index contributed by atoms with van der Waals surface area (Å²) < 4.78 is 49.7. The Labute approximate surface area is 92.3 Å². The normalized spacial score (nSPS) is 12.9. The summed E-state index contributed by atoms with van der Waals surface area (Å²) in [4.78, 5) is 0.